The molecule has 1 saturated heterocycles. The number of sulfonamides is 1. The van der Waals surface area contributed by atoms with Crippen LogP contribution in [0, 0.1) is 6.92 Å². The number of hydrogen-bond donors (Lipinski definition) is 0. The molecule has 3 heterocycles. The quantitative estimate of drug-likeness (QED) is 0.289. The summed E-state index contributed by atoms with van der Waals surface area (Å²) in [6.45, 7) is 4.94. The summed E-state index contributed by atoms with van der Waals surface area (Å²) in [6, 6.07) is 13.2. The van der Waals surface area contributed by atoms with Crippen molar-refractivity contribution in [3.8, 4) is 0 Å². The lowest BCUT2D eigenvalue weighted by molar-refractivity contribution is 0.0933. The van der Waals surface area contributed by atoms with E-state index in [1.165, 1.54) is 44.8 Å². The lowest BCUT2D eigenvalue weighted by atomic mass is 10.2. The molecule has 2 amide bonds. The third-order valence-corrected chi connectivity index (χ3v) is 9.87. The topological polar surface area (TPSA) is 113 Å². The molecule has 2 aromatic heterocycles. The molecule has 5 rings (SSSR count). The van der Waals surface area contributed by atoms with E-state index >= 15 is 0 Å². The molecule has 1 fully saturated rings. The van der Waals surface area contributed by atoms with Crippen molar-refractivity contribution in [2.24, 2.45) is 0 Å². The first-order valence-electron chi connectivity index (χ1n) is 13.0. The molecule has 2 aromatic carbocycles. The highest BCUT2D eigenvalue weighted by molar-refractivity contribution is 7.89. The van der Waals surface area contributed by atoms with Crippen molar-refractivity contribution >= 4 is 60.3 Å². The lowest BCUT2D eigenvalue weighted by Gasteiger charge is -2.33. The number of thiazole rings is 1. The Kier molecular flexibility index (Phi) is 8.55. The van der Waals surface area contributed by atoms with E-state index < -0.39 is 16.1 Å². The fourth-order valence-corrected chi connectivity index (χ4v) is 7.40. The number of rotatable bonds is 7. The van der Waals surface area contributed by atoms with Crippen molar-refractivity contribution in [3.05, 3.63) is 82.6 Å². The fraction of sp³-hybridized carbons (Fsp3) is 0.286. The first kappa shape index (κ1) is 28.9. The first-order valence-corrected chi connectivity index (χ1v) is 15.6. The zero-order valence-corrected chi connectivity index (χ0v) is 24.9. The van der Waals surface area contributed by atoms with Crippen LogP contribution in [0.1, 0.15) is 28.4 Å². The highest BCUT2D eigenvalue weighted by Crippen LogP contribution is 2.34. The monoisotopic (exact) mass is 613 g/mol. The van der Waals surface area contributed by atoms with Crippen molar-refractivity contribution in [2.75, 3.05) is 37.7 Å². The van der Waals surface area contributed by atoms with Crippen LogP contribution >= 0.6 is 22.9 Å². The van der Waals surface area contributed by atoms with Crippen LogP contribution in [0.15, 0.2) is 65.8 Å². The van der Waals surface area contributed by atoms with E-state index in [4.69, 9.17) is 21.3 Å². The van der Waals surface area contributed by atoms with Crippen molar-refractivity contribution < 1.29 is 22.7 Å². The van der Waals surface area contributed by atoms with Gasteiger partial charge in [-0.3, -0.25) is 14.7 Å². The van der Waals surface area contributed by atoms with E-state index in [0.29, 0.717) is 15.7 Å². The van der Waals surface area contributed by atoms with Gasteiger partial charge in [0.1, 0.15) is 0 Å². The maximum absolute atomic E-state index is 13.8. The molecule has 0 atom stereocenters. The number of ether oxygens (including phenoxy) is 1. The SMILES string of the molecule is CCOC(=O)N1CCN(S(=O)(=O)c2ccc(C(=O)N(Cc3ccncc3)c3nc4c(C)cc(Cl)cc4s3)cc2)CC1. The molecule has 0 aliphatic carbocycles. The predicted octanol–water partition coefficient (Wildman–Crippen LogP) is 4.96. The number of fused-ring (bicyclic) bond motifs is 1. The van der Waals surface area contributed by atoms with Crippen molar-refractivity contribution in [2.45, 2.75) is 25.3 Å². The van der Waals surface area contributed by atoms with E-state index in [1.54, 1.807) is 24.2 Å². The molecule has 0 spiro atoms. The van der Waals surface area contributed by atoms with Crippen LogP contribution < -0.4 is 4.90 Å². The van der Waals surface area contributed by atoms with Gasteiger partial charge in [0.05, 0.1) is 28.3 Å². The third kappa shape index (κ3) is 6.20. The Labute approximate surface area is 247 Å². The number of anilines is 1. The molecule has 0 radical (unpaired) electrons. The number of nitrogens with zero attached hydrogens (tertiary/aromatic N) is 5. The summed E-state index contributed by atoms with van der Waals surface area (Å²) in [4.78, 5) is 37.8. The number of aryl methyl sites for hydroxylation is 1. The van der Waals surface area contributed by atoms with Crippen molar-refractivity contribution in [1.82, 2.24) is 19.2 Å². The van der Waals surface area contributed by atoms with Crippen LogP contribution in [0.25, 0.3) is 10.2 Å². The minimum Gasteiger partial charge on any atom is -0.450 e. The Morgan fingerprint density at radius 3 is 2.39 bits per heavy atom. The summed E-state index contributed by atoms with van der Waals surface area (Å²) in [5.74, 6) is -0.323. The van der Waals surface area contributed by atoms with E-state index in [-0.39, 0.29) is 50.1 Å². The molecule has 4 aromatic rings. The number of aromatic nitrogens is 2. The van der Waals surface area contributed by atoms with Crippen LogP contribution in [-0.2, 0) is 21.3 Å². The Morgan fingerprint density at radius 1 is 1.05 bits per heavy atom. The highest BCUT2D eigenvalue weighted by Gasteiger charge is 2.31. The number of piperazine rings is 1. The Morgan fingerprint density at radius 2 is 1.73 bits per heavy atom. The Hall–Kier alpha value is -3.58. The molecule has 1 aliphatic heterocycles. The molecule has 0 bridgehead atoms. The van der Waals surface area contributed by atoms with Gasteiger partial charge in [0.25, 0.3) is 5.91 Å². The van der Waals surface area contributed by atoms with E-state index in [1.807, 2.05) is 31.2 Å². The third-order valence-electron chi connectivity index (χ3n) is 6.71. The molecule has 1 aliphatic rings. The maximum atomic E-state index is 13.8. The van der Waals surface area contributed by atoms with Crippen LogP contribution in [-0.4, -0.2) is 72.4 Å². The molecule has 13 heteroatoms. The lowest BCUT2D eigenvalue weighted by Crippen LogP contribution is -2.50. The smallest absolute Gasteiger partial charge is 0.409 e. The zero-order chi connectivity index (χ0) is 29.1. The number of carbonyl (C=O) groups is 2. The van der Waals surface area contributed by atoms with E-state index in [2.05, 4.69) is 4.98 Å². The first-order chi connectivity index (χ1) is 19.7. The molecule has 10 nitrogen and oxygen atoms in total. The number of halogens is 1. The average molecular weight is 614 g/mol. The predicted molar refractivity (Wildman–Crippen MR) is 158 cm³/mol. The molecule has 0 saturated carbocycles. The van der Waals surface area contributed by atoms with Gasteiger partial charge in [0.2, 0.25) is 10.0 Å². The number of carbonyl (C=O) groups excluding carboxylic acids is 2. The number of benzene rings is 2. The minimum atomic E-state index is -3.81. The van der Waals surface area contributed by atoms with Crippen molar-refractivity contribution in [1.29, 1.82) is 0 Å². The summed E-state index contributed by atoms with van der Waals surface area (Å²) in [7, 11) is -3.81. The zero-order valence-electron chi connectivity index (χ0n) is 22.5. The molecular formula is C28H28ClN5O5S2. The Bertz CT molecular complexity index is 1670. The van der Waals surface area contributed by atoms with Gasteiger partial charge in [-0.2, -0.15) is 4.31 Å². The summed E-state index contributed by atoms with van der Waals surface area (Å²) in [5.41, 5.74) is 2.86. The van der Waals surface area contributed by atoms with Gasteiger partial charge >= 0.3 is 6.09 Å². The summed E-state index contributed by atoms with van der Waals surface area (Å²) in [5, 5.41) is 1.10. The Balaban J connectivity index is 1.39. The second kappa shape index (κ2) is 12.1. The van der Waals surface area contributed by atoms with Gasteiger partial charge < -0.3 is 9.64 Å². The van der Waals surface area contributed by atoms with Crippen molar-refractivity contribution in [3.63, 3.8) is 0 Å². The number of hydrogen-bond acceptors (Lipinski definition) is 8. The standard InChI is InChI=1S/C28H28ClN5O5S2/c1-3-39-28(36)32-12-14-33(15-13-32)41(37,38)23-6-4-21(5-7-23)26(35)34(18-20-8-10-30-11-9-20)27-31-25-19(2)16-22(29)17-24(25)40-27/h4-11,16-17H,3,12-15,18H2,1-2H3. The van der Waals surface area contributed by atoms with Gasteiger partial charge in [0, 0.05) is 49.2 Å². The van der Waals surface area contributed by atoms with Crippen LogP contribution in [0.2, 0.25) is 5.02 Å². The maximum Gasteiger partial charge on any atom is 0.409 e. The second-order valence-electron chi connectivity index (χ2n) is 9.43. The molecule has 214 valence electrons. The number of amides is 2. The molecule has 0 unspecified atom stereocenters. The minimum absolute atomic E-state index is 0.0737. The van der Waals surface area contributed by atoms with E-state index in [0.717, 1.165) is 21.3 Å². The van der Waals surface area contributed by atoms with Gasteiger partial charge in [-0.15, -0.1) is 0 Å². The van der Waals surface area contributed by atoms with Gasteiger partial charge in [0.15, 0.2) is 5.13 Å². The van der Waals surface area contributed by atoms with Crippen LogP contribution in [0.4, 0.5) is 9.93 Å². The summed E-state index contributed by atoms with van der Waals surface area (Å²) in [6.07, 6.45) is 2.87. The fourth-order valence-electron chi connectivity index (χ4n) is 4.56. The highest BCUT2D eigenvalue weighted by atomic mass is 35.5. The van der Waals surface area contributed by atoms with Gasteiger partial charge in [-0.05, 0) is 73.5 Å². The van der Waals surface area contributed by atoms with Crippen LogP contribution in [0.5, 0.6) is 0 Å². The molecule has 41 heavy (non-hydrogen) atoms. The number of pyridine rings is 1. The normalized spacial score (nSPS) is 14.3. The summed E-state index contributed by atoms with van der Waals surface area (Å²) >= 11 is 7.62. The van der Waals surface area contributed by atoms with Gasteiger partial charge in [-0.1, -0.05) is 22.9 Å². The second-order valence-corrected chi connectivity index (χ2v) is 12.8. The van der Waals surface area contributed by atoms with E-state index in [9.17, 15) is 18.0 Å². The molecule has 0 N–H and O–H groups in total. The van der Waals surface area contributed by atoms with Gasteiger partial charge in [-0.25, -0.2) is 18.2 Å². The summed E-state index contributed by atoms with van der Waals surface area (Å²) < 4.78 is 33.8. The average Bonchev–Trinajstić information content (AvgIpc) is 3.40. The largest absolute Gasteiger partial charge is 0.450 e. The molecular weight excluding hydrogens is 586 g/mol. The van der Waals surface area contributed by atoms with Crippen LogP contribution in [0.3, 0.4) is 0 Å².